The number of halogens is 1. The molecule has 4 heteroatoms. The fourth-order valence-corrected chi connectivity index (χ4v) is 2.61. The first-order valence-electron chi connectivity index (χ1n) is 5.71. The van der Waals surface area contributed by atoms with Crippen LogP contribution in [-0.2, 0) is 6.42 Å². The van der Waals surface area contributed by atoms with Gasteiger partial charge in [-0.05, 0) is 41.8 Å². The minimum absolute atomic E-state index is 0.475. The first-order valence-corrected chi connectivity index (χ1v) is 6.50. The van der Waals surface area contributed by atoms with E-state index in [1.54, 1.807) is 12.3 Å². The van der Waals surface area contributed by atoms with Crippen LogP contribution in [0.15, 0.2) is 41.0 Å². The highest BCUT2D eigenvalue weighted by Crippen LogP contribution is 2.27. The summed E-state index contributed by atoms with van der Waals surface area (Å²) in [5.41, 5.74) is 8.64. The highest BCUT2D eigenvalue weighted by Gasteiger charge is 2.12. The van der Waals surface area contributed by atoms with E-state index >= 15 is 0 Å². The Kier molecular flexibility index (Phi) is 3.99. The topological polar surface area (TPSA) is 59.1 Å². The van der Waals surface area contributed by atoms with E-state index in [2.05, 4.69) is 20.9 Å². The number of aliphatic hydroxyl groups is 1. The molecule has 0 fully saturated rings. The predicted octanol–water partition coefficient (Wildman–Crippen LogP) is 3.01. The van der Waals surface area contributed by atoms with Crippen LogP contribution in [0.1, 0.15) is 22.8 Å². The van der Waals surface area contributed by atoms with Gasteiger partial charge in [0.15, 0.2) is 0 Å². The molecule has 0 saturated carbocycles. The van der Waals surface area contributed by atoms with Crippen LogP contribution in [0, 0.1) is 6.92 Å². The molecule has 94 valence electrons. The molecule has 0 aliphatic carbocycles. The number of benzene rings is 1. The van der Waals surface area contributed by atoms with Crippen molar-refractivity contribution in [2.75, 3.05) is 5.73 Å². The van der Waals surface area contributed by atoms with E-state index < -0.39 is 6.10 Å². The van der Waals surface area contributed by atoms with Gasteiger partial charge < -0.3 is 10.8 Å². The van der Waals surface area contributed by atoms with Crippen molar-refractivity contribution in [2.24, 2.45) is 0 Å². The molecular formula is C14H15BrN2O. The molecule has 2 rings (SSSR count). The zero-order valence-electron chi connectivity index (χ0n) is 10.1. The second-order valence-electron chi connectivity index (χ2n) is 4.33. The first kappa shape index (κ1) is 13.1. The number of hydrogen-bond acceptors (Lipinski definition) is 3. The minimum Gasteiger partial charge on any atom is -0.388 e. The Morgan fingerprint density at radius 2 is 2.11 bits per heavy atom. The molecule has 1 heterocycles. The Morgan fingerprint density at radius 3 is 2.78 bits per heavy atom. The summed E-state index contributed by atoms with van der Waals surface area (Å²) in [6.45, 7) is 2.02. The quantitative estimate of drug-likeness (QED) is 0.916. The van der Waals surface area contributed by atoms with Crippen molar-refractivity contribution in [3.8, 4) is 0 Å². The van der Waals surface area contributed by atoms with Gasteiger partial charge in [-0.3, -0.25) is 0 Å². The number of aryl methyl sites for hydroxylation is 1. The van der Waals surface area contributed by atoms with Gasteiger partial charge >= 0.3 is 0 Å². The lowest BCUT2D eigenvalue weighted by molar-refractivity contribution is 0.177. The van der Waals surface area contributed by atoms with Crippen molar-refractivity contribution < 1.29 is 5.11 Å². The maximum atomic E-state index is 10.2. The van der Waals surface area contributed by atoms with Gasteiger partial charge in [0.2, 0.25) is 0 Å². The largest absolute Gasteiger partial charge is 0.388 e. The maximum absolute atomic E-state index is 10.2. The molecule has 3 N–H and O–H groups in total. The molecule has 1 unspecified atom stereocenters. The van der Waals surface area contributed by atoms with Crippen molar-refractivity contribution in [2.45, 2.75) is 19.4 Å². The SMILES string of the molecule is Cc1ccc(C(O)Cc2ccnc(N)c2)c(Br)c1. The van der Waals surface area contributed by atoms with Crippen LogP contribution >= 0.6 is 15.9 Å². The molecule has 0 aliphatic heterocycles. The van der Waals surface area contributed by atoms with Crippen LogP contribution in [0.5, 0.6) is 0 Å². The van der Waals surface area contributed by atoms with Crippen molar-refractivity contribution >= 4 is 21.7 Å². The molecule has 1 aromatic heterocycles. The third-order valence-electron chi connectivity index (χ3n) is 2.79. The van der Waals surface area contributed by atoms with E-state index in [0.29, 0.717) is 12.2 Å². The highest BCUT2D eigenvalue weighted by molar-refractivity contribution is 9.10. The normalized spacial score (nSPS) is 12.4. The Hall–Kier alpha value is -1.39. The lowest BCUT2D eigenvalue weighted by atomic mass is 10.0. The molecule has 0 saturated heterocycles. The van der Waals surface area contributed by atoms with Crippen LogP contribution in [0.3, 0.4) is 0 Å². The van der Waals surface area contributed by atoms with E-state index in [1.807, 2.05) is 31.2 Å². The third kappa shape index (κ3) is 3.09. The fourth-order valence-electron chi connectivity index (χ4n) is 1.86. The predicted molar refractivity (Wildman–Crippen MR) is 76.2 cm³/mol. The number of aliphatic hydroxyl groups excluding tert-OH is 1. The summed E-state index contributed by atoms with van der Waals surface area (Å²) in [5, 5.41) is 10.2. The summed E-state index contributed by atoms with van der Waals surface area (Å²) in [6.07, 6.45) is 1.62. The molecular weight excluding hydrogens is 292 g/mol. The fraction of sp³-hybridized carbons (Fsp3) is 0.214. The third-order valence-corrected chi connectivity index (χ3v) is 3.48. The standard InChI is InChI=1S/C14H15BrN2O/c1-9-2-3-11(12(15)6-9)13(18)7-10-4-5-17-14(16)8-10/h2-6,8,13,18H,7H2,1H3,(H2,16,17). The monoisotopic (exact) mass is 306 g/mol. The van der Waals surface area contributed by atoms with E-state index in [0.717, 1.165) is 21.2 Å². The number of nitrogens with zero attached hydrogens (tertiary/aromatic N) is 1. The number of hydrogen-bond donors (Lipinski definition) is 2. The van der Waals surface area contributed by atoms with Crippen molar-refractivity contribution in [3.63, 3.8) is 0 Å². The van der Waals surface area contributed by atoms with Crippen molar-refractivity contribution in [3.05, 3.63) is 57.7 Å². The summed E-state index contributed by atoms with van der Waals surface area (Å²) < 4.78 is 0.928. The number of pyridine rings is 1. The smallest absolute Gasteiger partial charge is 0.123 e. The molecule has 0 amide bonds. The molecule has 2 aromatic rings. The van der Waals surface area contributed by atoms with Gasteiger partial charge in [0.05, 0.1) is 6.10 Å². The summed E-state index contributed by atoms with van der Waals surface area (Å²) >= 11 is 3.48. The van der Waals surface area contributed by atoms with Gasteiger partial charge in [-0.25, -0.2) is 4.98 Å². The van der Waals surface area contributed by atoms with Gasteiger partial charge in [-0.1, -0.05) is 28.1 Å². The first-order chi connectivity index (χ1) is 8.56. The van der Waals surface area contributed by atoms with Crippen molar-refractivity contribution in [1.29, 1.82) is 0 Å². The lowest BCUT2D eigenvalue weighted by Crippen LogP contribution is -2.04. The molecule has 0 spiro atoms. The molecule has 0 radical (unpaired) electrons. The molecule has 0 bridgehead atoms. The van der Waals surface area contributed by atoms with Crippen molar-refractivity contribution in [1.82, 2.24) is 4.98 Å². The van der Waals surface area contributed by atoms with Gasteiger partial charge in [-0.15, -0.1) is 0 Å². The average Bonchev–Trinajstić information content (AvgIpc) is 2.28. The summed E-state index contributed by atoms with van der Waals surface area (Å²) in [5.74, 6) is 0.475. The van der Waals surface area contributed by atoms with Crippen LogP contribution in [-0.4, -0.2) is 10.1 Å². The molecule has 1 aromatic carbocycles. The zero-order chi connectivity index (χ0) is 13.1. The minimum atomic E-state index is -0.554. The Labute approximate surface area is 115 Å². The molecule has 3 nitrogen and oxygen atoms in total. The van der Waals surface area contributed by atoms with Crippen LogP contribution < -0.4 is 5.73 Å². The summed E-state index contributed by atoms with van der Waals surface area (Å²) in [6, 6.07) is 9.57. The number of rotatable bonds is 3. The van der Waals surface area contributed by atoms with E-state index in [1.165, 1.54) is 0 Å². The van der Waals surface area contributed by atoms with Gasteiger partial charge in [0, 0.05) is 17.1 Å². The number of anilines is 1. The maximum Gasteiger partial charge on any atom is 0.123 e. The van der Waals surface area contributed by atoms with Gasteiger partial charge in [-0.2, -0.15) is 0 Å². The number of nitrogen functional groups attached to an aromatic ring is 1. The van der Waals surface area contributed by atoms with E-state index in [9.17, 15) is 5.11 Å². The second-order valence-corrected chi connectivity index (χ2v) is 5.19. The Bertz CT molecular complexity index is 557. The molecule has 0 aliphatic rings. The van der Waals surface area contributed by atoms with Gasteiger partial charge in [0.25, 0.3) is 0 Å². The molecule has 1 atom stereocenters. The van der Waals surface area contributed by atoms with E-state index in [4.69, 9.17) is 5.73 Å². The highest BCUT2D eigenvalue weighted by atomic mass is 79.9. The van der Waals surface area contributed by atoms with E-state index in [-0.39, 0.29) is 0 Å². The van der Waals surface area contributed by atoms with Crippen LogP contribution in [0.25, 0.3) is 0 Å². The molecule has 18 heavy (non-hydrogen) atoms. The second kappa shape index (κ2) is 5.50. The Morgan fingerprint density at radius 1 is 1.33 bits per heavy atom. The lowest BCUT2D eigenvalue weighted by Gasteiger charge is -2.13. The van der Waals surface area contributed by atoms with Crippen LogP contribution in [0.4, 0.5) is 5.82 Å². The van der Waals surface area contributed by atoms with Crippen LogP contribution in [0.2, 0.25) is 0 Å². The number of nitrogens with two attached hydrogens (primary N) is 1. The van der Waals surface area contributed by atoms with Gasteiger partial charge in [0.1, 0.15) is 5.82 Å². The summed E-state index contributed by atoms with van der Waals surface area (Å²) in [4.78, 5) is 3.94. The number of aromatic nitrogens is 1. The average molecular weight is 307 g/mol. The summed E-state index contributed by atoms with van der Waals surface area (Å²) in [7, 11) is 0. The Balaban J connectivity index is 2.19. The zero-order valence-corrected chi connectivity index (χ0v) is 11.7.